The Morgan fingerprint density at radius 1 is 1.38 bits per heavy atom. The quantitative estimate of drug-likeness (QED) is 0.893. The van der Waals surface area contributed by atoms with Crippen molar-refractivity contribution in [2.24, 2.45) is 0 Å². The first-order chi connectivity index (χ1) is 10.2. The maximum absolute atomic E-state index is 10.6. The molecule has 3 rings (SSSR count). The van der Waals surface area contributed by atoms with Gasteiger partial charge in [-0.15, -0.1) is 0 Å². The molecule has 2 aliphatic rings. The first kappa shape index (κ1) is 14.8. The van der Waals surface area contributed by atoms with Gasteiger partial charge >= 0.3 is 0 Å². The molecular weight excluding hydrogens is 266 g/mol. The van der Waals surface area contributed by atoms with Crippen LogP contribution >= 0.6 is 0 Å². The van der Waals surface area contributed by atoms with Crippen LogP contribution in [0.4, 0.5) is 0 Å². The van der Waals surface area contributed by atoms with Crippen molar-refractivity contribution in [1.29, 1.82) is 0 Å². The summed E-state index contributed by atoms with van der Waals surface area (Å²) in [6.07, 6.45) is 4.87. The first-order valence-electron chi connectivity index (χ1n) is 7.90. The van der Waals surface area contributed by atoms with Gasteiger partial charge in [-0.05, 0) is 42.5 Å². The minimum absolute atomic E-state index is 0.339. The smallest absolute Gasteiger partial charge is 0.119 e. The van der Waals surface area contributed by atoms with Crippen LogP contribution in [0.25, 0.3) is 0 Å². The van der Waals surface area contributed by atoms with Gasteiger partial charge in [0.15, 0.2) is 0 Å². The third kappa shape index (κ3) is 3.39. The summed E-state index contributed by atoms with van der Waals surface area (Å²) in [6.45, 7) is 1.97. The predicted molar refractivity (Wildman–Crippen MR) is 81.7 cm³/mol. The van der Waals surface area contributed by atoms with E-state index in [0.29, 0.717) is 25.8 Å². The highest BCUT2D eigenvalue weighted by atomic mass is 16.5. The Kier molecular flexibility index (Phi) is 4.48. The lowest BCUT2D eigenvalue weighted by Gasteiger charge is -2.35. The summed E-state index contributed by atoms with van der Waals surface area (Å²) in [5.41, 5.74) is 2.12. The van der Waals surface area contributed by atoms with Crippen LogP contribution in [0.3, 0.4) is 0 Å². The Balaban J connectivity index is 1.67. The summed E-state index contributed by atoms with van der Waals surface area (Å²) >= 11 is 0. The van der Waals surface area contributed by atoms with Crippen molar-refractivity contribution in [3.63, 3.8) is 0 Å². The van der Waals surface area contributed by atoms with Crippen LogP contribution in [0.2, 0.25) is 0 Å². The van der Waals surface area contributed by atoms with Crippen molar-refractivity contribution in [3.05, 3.63) is 29.3 Å². The monoisotopic (exact) mass is 291 g/mol. The number of rotatable bonds is 4. The van der Waals surface area contributed by atoms with Gasteiger partial charge in [0.25, 0.3) is 0 Å². The highest BCUT2D eigenvalue weighted by Gasteiger charge is 2.31. The second kappa shape index (κ2) is 6.34. The molecule has 21 heavy (non-hydrogen) atoms. The molecule has 1 aromatic carbocycles. The van der Waals surface area contributed by atoms with Crippen molar-refractivity contribution in [2.75, 3.05) is 26.9 Å². The Labute approximate surface area is 126 Å². The molecule has 0 saturated carbocycles. The lowest BCUT2D eigenvalue weighted by Crippen LogP contribution is -2.46. The molecule has 1 fully saturated rings. The van der Waals surface area contributed by atoms with E-state index in [1.54, 1.807) is 7.11 Å². The second-order valence-corrected chi connectivity index (χ2v) is 6.23. The maximum Gasteiger partial charge on any atom is 0.119 e. The van der Waals surface area contributed by atoms with Crippen molar-refractivity contribution < 1.29 is 14.6 Å². The third-order valence-corrected chi connectivity index (χ3v) is 4.77. The van der Waals surface area contributed by atoms with E-state index in [4.69, 9.17) is 9.47 Å². The van der Waals surface area contributed by atoms with Crippen LogP contribution in [-0.4, -0.2) is 37.6 Å². The van der Waals surface area contributed by atoms with E-state index in [9.17, 15) is 5.11 Å². The topological polar surface area (TPSA) is 50.7 Å². The summed E-state index contributed by atoms with van der Waals surface area (Å²) in [6, 6.07) is 6.68. The molecule has 0 aromatic heterocycles. The number of hydrogen-bond acceptors (Lipinski definition) is 4. The van der Waals surface area contributed by atoms with E-state index in [0.717, 1.165) is 31.4 Å². The average molecular weight is 291 g/mol. The number of nitrogens with one attached hydrogen (secondary N) is 1. The molecule has 0 spiro atoms. The normalized spacial score (nSPS) is 24.4. The molecule has 1 atom stereocenters. The molecule has 4 heteroatoms. The van der Waals surface area contributed by atoms with Crippen molar-refractivity contribution >= 4 is 0 Å². The number of fused-ring (bicyclic) bond motifs is 1. The number of benzene rings is 1. The van der Waals surface area contributed by atoms with Crippen molar-refractivity contribution in [3.8, 4) is 5.75 Å². The molecule has 1 saturated heterocycles. The highest BCUT2D eigenvalue weighted by Crippen LogP contribution is 2.32. The Morgan fingerprint density at radius 3 is 2.95 bits per heavy atom. The molecule has 1 unspecified atom stereocenters. The van der Waals surface area contributed by atoms with Gasteiger partial charge in [-0.1, -0.05) is 6.07 Å². The fraction of sp³-hybridized carbons (Fsp3) is 0.647. The van der Waals surface area contributed by atoms with E-state index in [2.05, 4.69) is 17.4 Å². The zero-order valence-electron chi connectivity index (χ0n) is 12.7. The Morgan fingerprint density at radius 2 is 2.19 bits per heavy atom. The molecule has 0 bridgehead atoms. The molecule has 1 heterocycles. The molecule has 4 nitrogen and oxygen atoms in total. The zero-order valence-corrected chi connectivity index (χ0v) is 12.7. The number of hydrogen-bond donors (Lipinski definition) is 2. The van der Waals surface area contributed by atoms with Gasteiger partial charge in [0.2, 0.25) is 0 Å². The number of ether oxygens (including phenoxy) is 2. The zero-order chi connectivity index (χ0) is 14.7. The van der Waals surface area contributed by atoms with Crippen molar-refractivity contribution in [1.82, 2.24) is 5.32 Å². The SMILES string of the molecule is COc1ccc2c(c1)CCCC2NCC1(O)CCOCC1. The third-order valence-electron chi connectivity index (χ3n) is 4.77. The second-order valence-electron chi connectivity index (χ2n) is 6.23. The van der Waals surface area contributed by atoms with Gasteiger partial charge in [-0.2, -0.15) is 0 Å². The van der Waals surface area contributed by atoms with Gasteiger partial charge in [0.05, 0.1) is 12.7 Å². The van der Waals surface area contributed by atoms with E-state index >= 15 is 0 Å². The number of aryl methyl sites for hydroxylation is 1. The lowest BCUT2D eigenvalue weighted by molar-refractivity contribution is -0.0630. The summed E-state index contributed by atoms with van der Waals surface area (Å²) in [5.74, 6) is 0.928. The van der Waals surface area contributed by atoms with Crippen LogP contribution in [0.1, 0.15) is 42.9 Å². The molecule has 116 valence electrons. The average Bonchev–Trinajstić information content (AvgIpc) is 2.53. The van der Waals surface area contributed by atoms with E-state index in [-0.39, 0.29) is 0 Å². The van der Waals surface area contributed by atoms with E-state index in [1.807, 2.05) is 6.07 Å². The summed E-state index contributed by atoms with van der Waals surface area (Å²) in [4.78, 5) is 0. The largest absolute Gasteiger partial charge is 0.497 e. The fourth-order valence-electron chi connectivity index (χ4n) is 3.37. The highest BCUT2D eigenvalue weighted by molar-refractivity contribution is 5.39. The Bertz CT molecular complexity index is 483. The lowest BCUT2D eigenvalue weighted by atomic mass is 9.86. The predicted octanol–water partition coefficient (Wildman–Crippen LogP) is 2.20. The van der Waals surface area contributed by atoms with Crippen LogP contribution in [0.5, 0.6) is 5.75 Å². The molecule has 0 radical (unpaired) electrons. The Hall–Kier alpha value is -1.10. The fourth-order valence-corrected chi connectivity index (χ4v) is 3.37. The van der Waals surface area contributed by atoms with E-state index < -0.39 is 5.60 Å². The summed E-state index contributed by atoms with van der Waals surface area (Å²) in [5, 5.41) is 14.1. The summed E-state index contributed by atoms with van der Waals surface area (Å²) in [7, 11) is 1.71. The van der Waals surface area contributed by atoms with Crippen LogP contribution in [0.15, 0.2) is 18.2 Å². The number of aliphatic hydroxyl groups is 1. The van der Waals surface area contributed by atoms with Gasteiger partial charge in [0.1, 0.15) is 5.75 Å². The maximum atomic E-state index is 10.6. The minimum Gasteiger partial charge on any atom is -0.497 e. The molecule has 1 aliphatic heterocycles. The van der Waals surface area contributed by atoms with Gasteiger partial charge in [0, 0.05) is 38.6 Å². The van der Waals surface area contributed by atoms with Crippen LogP contribution in [-0.2, 0) is 11.2 Å². The van der Waals surface area contributed by atoms with E-state index in [1.165, 1.54) is 17.5 Å². The first-order valence-corrected chi connectivity index (χ1v) is 7.90. The van der Waals surface area contributed by atoms with Gasteiger partial charge in [-0.25, -0.2) is 0 Å². The molecule has 1 aromatic rings. The van der Waals surface area contributed by atoms with Gasteiger partial charge in [-0.3, -0.25) is 0 Å². The van der Waals surface area contributed by atoms with Gasteiger partial charge < -0.3 is 19.9 Å². The van der Waals surface area contributed by atoms with Crippen LogP contribution < -0.4 is 10.1 Å². The minimum atomic E-state index is -0.609. The molecular formula is C17H25NO3. The van der Waals surface area contributed by atoms with Crippen molar-refractivity contribution in [2.45, 2.75) is 43.7 Å². The summed E-state index contributed by atoms with van der Waals surface area (Å²) < 4.78 is 10.6. The molecule has 1 aliphatic carbocycles. The molecule has 2 N–H and O–H groups in total. The van der Waals surface area contributed by atoms with Crippen LogP contribution in [0, 0.1) is 0 Å². The molecule has 0 amide bonds. The number of methoxy groups -OCH3 is 1. The standard InChI is InChI=1S/C17H25NO3/c1-20-14-5-6-15-13(11-14)3-2-4-16(15)18-12-17(19)7-9-21-10-8-17/h5-6,11,16,18-19H,2-4,7-10,12H2,1H3.